The Morgan fingerprint density at radius 3 is 2.65 bits per heavy atom. The number of aromatic nitrogens is 2. The van der Waals surface area contributed by atoms with E-state index in [0.29, 0.717) is 5.95 Å². The second-order valence-corrected chi connectivity index (χ2v) is 4.21. The number of rotatable bonds is 4. The first-order valence-electron chi connectivity index (χ1n) is 5.87. The molecule has 0 atom stereocenters. The maximum Gasteiger partial charge on any atom is 0.225 e. The molecule has 5 nitrogen and oxygen atoms in total. The number of hydrogen-bond donors (Lipinski definition) is 1. The smallest absolute Gasteiger partial charge is 0.225 e. The number of nitrogens with one attached hydrogen (secondary N) is 1. The molecule has 0 radical (unpaired) electrons. The molecule has 1 aliphatic heterocycles. The molecular formula is C11H18FN5. The quantitative estimate of drug-likeness (QED) is 0.798. The van der Waals surface area contributed by atoms with E-state index in [2.05, 4.69) is 20.2 Å². The van der Waals surface area contributed by atoms with Crippen molar-refractivity contribution in [1.82, 2.24) is 20.2 Å². The Balaban J connectivity index is 1.80. The molecule has 0 spiro atoms. The molecule has 0 saturated carbocycles. The molecule has 17 heavy (non-hydrogen) atoms. The van der Waals surface area contributed by atoms with Crippen molar-refractivity contribution in [3.8, 4) is 0 Å². The van der Waals surface area contributed by atoms with E-state index in [-0.39, 0.29) is 0 Å². The zero-order valence-electron chi connectivity index (χ0n) is 10.1. The highest BCUT2D eigenvalue weighted by atomic mass is 19.1. The molecule has 0 aliphatic carbocycles. The van der Waals surface area contributed by atoms with Gasteiger partial charge in [-0.25, -0.2) is 14.4 Å². The van der Waals surface area contributed by atoms with Gasteiger partial charge in [-0.2, -0.15) is 0 Å². The molecule has 2 rings (SSSR count). The van der Waals surface area contributed by atoms with Gasteiger partial charge in [-0.3, -0.25) is 4.90 Å². The van der Waals surface area contributed by atoms with E-state index in [1.165, 1.54) is 12.4 Å². The van der Waals surface area contributed by atoms with Crippen LogP contribution in [0.25, 0.3) is 0 Å². The first-order chi connectivity index (χ1) is 8.25. The maximum absolute atomic E-state index is 12.7. The molecule has 1 aromatic rings. The maximum atomic E-state index is 12.7. The SMILES string of the molecule is CN(CCN1CCNCC1)c1ncc(F)cn1. The topological polar surface area (TPSA) is 44.3 Å². The van der Waals surface area contributed by atoms with Crippen LogP contribution in [-0.4, -0.2) is 61.2 Å². The molecule has 1 saturated heterocycles. The van der Waals surface area contributed by atoms with Gasteiger partial charge >= 0.3 is 0 Å². The predicted molar refractivity (Wildman–Crippen MR) is 64.6 cm³/mol. The van der Waals surface area contributed by atoms with Gasteiger partial charge in [-0.15, -0.1) is 0 Å². The van der Waals surface area contributed by atoms with Crippen LogP contribution in [0.3, 0.4) is 0 Å². The van der Waals surface area contributed by atoms with Gasteiger partial charge in [0.2, 0.25) is 5.95 Å². The summed E-state index contributed by atoms with van der Waals surface area (Å²) in [5.74, 6) is 0.172. The molecule has 0 unspecified atom stereocenters. The van der Waals surface area contributed by atoms with Crippen molar-refractivity contribution in [2.24, 2.45) is 0 Å². The van der Waals surface area contributed by atoms with E-state index in [0.717, 1.165) is 39.3 Å². The van der Waals surface area contributed by atoms with Gasteiger partial charge in [0.15, 0.2) is 5.82 Å². The Bertz CT molecular complexity index is 336. The monoisotopic (exact) mass is 239 g/mol. The number of likely N-dealkylation sites (N-methyl/N-ethyl adjacent to an activating group) is 1. The summed E-state index contributed by atoms with van der Waals surface area (Å²) in [7, 11) is 1.93. The molecule has 1 aliphatic rings. The number of halogens is 1. The van der Waals surface area contributed by atoms with Gasteiger partial charge in [0.05, 0.1) is 12.4 Å². The van der Waals surface area contributed by atoms with Crippen molar-refractivity contribution in [2.45, 2.75) is 0 Å². The zero-order valence-corrected chi connectivity index (χ0v) is 10.1. The van der Waals surface area contributed by atoms with Gasteiger partial charge < -0.3 is 10.2 Å². The van der Waals surface area contributed by atoms with E-state index in [9.17, 15) is 4.39 Å². The lowest BCUT2D eigenvalue weighted by atomic mass is 10.3. The minimum Gasteiger partial charge on any atom is -0.343 e. The van der Waals surface area contributed by atoms with Crippen LogP contribution in [0.4, 0.5) is 10.3 Å². The standard InChI is InChI=1S/C11H18FN5/c1-16(11-14-8-10(12)9-15-11)6-7-17-4-2-13-3-5-17/h8-9,13H,2-7H2,1H3. The minimum atomic E-state index is -0.399. The van der Waals surface area contributed by atoms with E-state index in [4.69, 9.17) is 0 Å². The van der Waals surface area contributed by atoms with Crippen LogP contribution in [0.5, 0.6) is 0 Å². The molecule has 6 heteroatoms. The van der Waals surface area contributed by atoms with Crippen molar-refractivity contribution in [2.75, 3.05) is 51.2 Å². The first kappa shape index (κ1) is 12.2. The summed E-state index contributed by atoms with van der Waals surface area (Å²) in [5.41, 5.74) is 0. The van der Waals surface area contributed by atoms with Crippen LogP contribution in [0.2, 0.25) is 0 Å². The molecule has 1 aromatic heterocycles. The molecule has 1 fully saturated rings. The fourth-order valence-corrected chi connectivity index (χ4v) is 1.83. The number of anilines is 1. The fourth-order valence-electron chi connectivity index (χ4n) is 1.83. The summed E-state index contributed by atoms with van der Waals surface area (Å²) in [5, 5.41) is 3.32. The largest absolute Gasteiger partial charge is 0.343 e. The van der Waals surface area contributed by atoms with Crippen LogP contribution in [0.1, 0.15) is 0 Å². The molecule has 94 valence electrons. The Kier molecular flexibility index (Phi) is 4.22. The second kappa shape index (κ2) is 5.88. The lowest BCUT2D eigenvalue weighted by Crippen LogP contribution is -2.46. The van der Waals surface area contributed by atoms with E-state index in [1.807, 2.05) is 11.9 Å². The minimum absolute atomic E-state index is 0.399. The third-order valence-corrected chi connectivity index (χ3v) is 2.91. The van der Waals surface area contributed by atoms with Crippen LogP contribution < -0.4 is 10.2 Å². The van der Waals surface area contributed by atoms with Crippen molar-refractivity contribution in [1.29, 1.82) is 0 Å². The number of hydrogen-bond acceptors (Lipinski definition) is 5. The Labute approximate surface area is 101 Å². The van der Waals surface area contributed by atoms with Crippen LogP contribution in [-0.2, 0) is 0 Å². The van der Waals surface area contributed by atoms with Gasteiger partial charge in [0.25, 0.3) is 0 Å². The fraction of sp³-hybridized carbons (Fsp3) is 0.636. The Morgan fingerprint density at radius 2 is 2.00 bits per heavy atom. The summed E-state index contributed by atoms with van der Waals surface area (Å²) in [4.78, 5) is 12.2. The molecule has 0 amide bonds. The lowest BCUT2D eigenvalue weighted by Gasteiger charge is -2.29. The molecule has 0 aromatic carbocycles. The average molecular weight is 239 g/mol. The summed E-state index contributed by atoms with van der Waals surface area (Å²) < 4.78 is 12.7. The Morgan fingerprint density at radius 1 is 1.35 bits per heavy atom. The molecule has 0 bridgehead atoms. The predicted octanol–water partition coefficient (Wildman–Crippen LogP) is -0.0429. The van der Waals surface area contributed by atoms with E-state index >= 15 is 0 Å². The third kappa shape index (κ3) is 3.61. The summed E-state index contributed by atoms with van der Waals surface area (Å²) in [6.07, 6.45) is 2.40. The van der Waals surface area contributed by atoms with E-state index < -0.39 is 5.82 Å². The highest BCUT2D eigenvalue weighted by Crippen LogP contribution is 2.04. The molecule has 1 N–H and O–H groups in total. The van der Waals surface area contributed by atoms with Crippen molar-refractivity contribution in [3.05, 3.63) is 18.2 Å². The van der Waals surface area contributed by atoms with E-state index in [1.54, 1.807) is 0 Å². The number of piperazine rings is 1. The lowest BCUT2D eigenvalue weighted by molar-refractivity contribution is 0.246. The summed E-state index contributed by atoms with van der Waals surface area (Å²) in [6, 6.07) is 0. The van der Waals surface area contributed by atoms with Crippen LogP contribution in [0.15, 0.2) is 12.4 Å². The van der Waals surface area contributed by atoms with Crippen molar-refractivity contribution in [3.63, 3.8) is 0 Å². The summed E-state index contributed by atoms with van der Waals surface area (Å²) in [6.45, 7) is 6.11. The van der Waals surface area contributed by atoms with Gasteiger partial charge in [0.1, 0.15) is 0 Å². The average Bonchev–Trinajstić information content (AvgIpc) is 2.38. The highest BCUT2D eigenvalue weighted by Gasteiger charge is 2.11. The third-order valence-electron chi connectivity index (χ3n) is 2.91. The molecule has 2 heterocycles. The number of nitrogens with zero attached hydrogens (tertiary/aromatic N) is 4. The highest BCUT2D eigenvalue weighted by molar-refractivity contribution is 5.26. The molecular weight excluding hydrogens is 221 g/mol. The van der Waals surface area contributed by atoms with Crippen molar-refractivity contribution < 1.29 is 4.39 Å². The van der Waals surface area contributed by atoms with Crippen LogP contribution in [0, 0.1) is 5.82 Å². The van der Waals surface area contributed by atoms with Gasteiger partial charge in [0, 0.05) is 46.3 Å². The zero-order chi connectivity index (χ0) is 12.1. The first-order valence-corrected chi connectivity index (χ1v) is 5.87. The van der Waals surface area contributed by atoms with Gasteiger partial charge in [-0.05, 0) is 0 Å². The van der Waals surface area contributed by atoms with Crippen molar-refractivity contribution >= 4 is 5.95 Å². The van der Waals surface area contributed by atoms with Crippen LogP contribution >= 0.6 is 0 Å². The Hall–Kier alpha value is -1.27. The summed E-state index contributed by atoms with van der Waals surface area (Å²) >= 11 is 0. The normalized spacial score (nSPS) is 17.1. The van der Waals surface area contributed by atoms with Gasteiger partial charge in [-0.1, -0.05) is 0 Å². The second-order valence-electron chi connectivity index (χ2n) is 4.21.